The second kappa shape index (κ2) is 6.64. The number of piperidine rings is 1. The molecule has 122 valence electrons. The average Bonchev–Trinajstić information content (AvgIpc) is 3.09. The summed E-state index contributed by atoms with van der Waals surface area (Å²) in [6.07, 6.45) is 3.69. The van der Waals surface area contributed by atoms with Gasteiger partial charge < -0.3 is 14.7 Å². The van der Waals surface area contributed by atoms with E-state index in [9.17, 15) is 4.79 Å². The van der Waals surface area contributed by atoms with E-state index in [4.69, 9.17) is 0 Å². The van der Waals surface area contributed by atoms with E-state index in [-0.39, 0.29) is 5.92 Å². The van der Waals surface area contributed by atoms with E-state index in [1.54, 1.807) is 0 Å². The fourth-order valence-electron chi connectivity index (χ4n) is 3.43. The molecule has 0 saturated carbocycles. The van der Waals surface area contributed by atoms with E-state index < -0.39 is 0 Å². The normalized spacial score (nSPS) is 24.0. The Hall–Kier alpha value is -1.63. The van der Waals surface area contributed by atoms with Crippen LogP contribution in [0.4, 0.5) is 5.95 Å². The van der Waals surface area contributed by atoms with Gasteiger partial charge in [0.05, 0.1) is 5.92 Å². The van der Waals surface area contributed by atoms with Crippen LogP contribution >= 0.6 is 0 Å². The summed E-state index contributed by atoms with van der Waals surface area (Å²) in [5, 5.41) is 6.77. The number of amides is 1. The number of H-pyrrole nitrogens is 1. The number of piperazine rings is 1. The first-order valence-electron chi connectivity index (χ1n) is 8.28. The minimum absolute atomic E-state index is 0.174. The summed E-state index contributed by atoms with van der Waals surface area (Å²) in [4.78, 5) is 23.5. The predicted molar refractivity (Wildman–Crippen MR) is 84.6 cm³/mol. The maximum absolute atomic E-state index is 12.8. The fourth-order valence-corrected chi connectivity index (χ4v) is 3.43. The number of likely N-dealkylation sites (tertiary alicyclic amines) is 1. The minimum atomic E-state index is 0.174. The highest BCUT2D eigenvalue weighted by Gasteiger charge is 2.31. The Labute approximate surface area is 131 Å². The lowest BCUT2D eigenvalue weighted by Gasteiger charge is -2.39. The summed E-state index contributed by atoms with van der Waals surface area (Å²) in [7, 11) is 0. The average molecular weight is 306 g/mol. The van der Waals surface area contributed by atoms with Gasteiger partial charge in [-0.25, -0.2) is 5.10 Å². The van der Waals surface area contributed by atoms with E-state index in [1.165, 1.54) is 6.33 Å². The molecule has 1 amide bonds. The van der Waals surface area contributed by atoms with Crippen molar-refractivity contribution >= 4 is 11.9 Å². The number of hydrogen-bond acceptors (Lipinski definition) is 5. The van der Waals surface area contributed by atoms with E-state index in [2.05, 4.69) is 38.8 Å². The molecule has 22 heavy (non-hydrogen) atoms. The first-order chi connectivity index (χ1) is 10.6. The molecule has 7 heteroatoms. The molecule has 2 saturated heterocycles. The number of anilines is 1. The van der Waals surface area contributed by atoms with Crippen molar-refractivity contribution in [2.45, 2.75) is 32.7 Å². The van der Waals surface area contributed by atoms with Gasteiger partial charge in [-0.3, -0.25) is 4.79 Å². The molecule has 0 radical (unpaired) electrons. The van der Waals surface area contributed by atoms with Gasteiger partial charge in [0.2, 0.25) is 11.9 Å². The Morgan fingerprint density at radius 3 is 2.68 bits per heavy atom. The van der Waals surface area contributed by atoms with E-state index in [0.717, 1.165) is 58.1 Å². The molecule has 3 rings (SSSR count). The van der Waals surface area contributed by atoms with Crippen LogP contribution < -0.4 is 4.90 Å². The predicted octanol–water partition coefficient (Wildman–Crippen LogP) is 0.574. The van der Waals surface area contributed by atoms with Crippen molar-refractivity contribution in [3.8, 4) is 0 Å². The molecule has 0 aromatic carbocycles. The number of nitrogens with zero attached hydrogens (tertiary/aromatic N) is 5. The Morgan fingerprint density at radius 1 is 1.27 bits per heavy atom. The summed E-state index contributed by atoms with van der Waals surface area (Å²) in [5.41, 5.74) is 0. The molecular formula is C15H26N6O. The van der Waals surface area contributed by atoms with Gasteiger partial charge in [0.1, 0.15) is 6.33 Å². The second-order valence-corrected chi connectivity index (χ2v) is 6.55. The number of rotatable bonds is 3. The van der Waals surface area contributed by atoms with Crippen molar-refractivity contribution in [2.24, 2.45) is 5.92 Å². The zero-order chi connectivity index (χ0) is 15.5. The Bertz CT molecular complexity index is 480. The zero-order valence-corrected chi connectivity index (χ0v) is 13.5. The molecule has 7 nitrogen and oxygen atoms in total. The van der Waals surface area contributed by atoms with Gasteiger partial charge in [-0.15, -0.1) is 0 Å². The van der Waals surface area contributed by atoms with Crippen LogP contribution in [0.1, 0.15) is 26.7 Å². The van der Waals surface area contributed by atoms with Crippen LogP contribution in [0.5, 0.6) is 0 Å². The molecule has 2 aliphatic heterocycles. The molecule has 1 atom stereocenters. The van der Waals surface area contributed by atoms with Crippen molar-refractivity contribution in [1.29, 1.82) is 0 Å². The number of aromatic nitrogens is 3. The van der Waals surface area contributed by atoms with Crippen molar-refractivity contribution in [3.63, 3.8) is 0 Å². The Kier molecular flexibility index (Phi) is 4.61. The molecule has 1 aromatic heterocycles. The maximum Gasteiger partial charge on any atom is 0.227 e. The van der Waals surface area contributed by atoms with Crippen LogP contribution in [0.2, 0.25) is 0 Å². The third-order valence-corrected chi connectivity index (χ3v) is 4.83. The minimum Gasteiger partial charge on any atom is -0.339 e. The smallest absolute Gasteiger partial charge is 0.227 e. The van der Waals surface area contributed by atoms with Gasteiger partial charge in [0.15, 0.2) is 0 Å². The number of aromatic amines is 1. The highest BCUT2D eigenvalue weighted by molar-refractivity contribution is 5.79. The van der Waals surface area contributed by atoms with Crippen LogP contribution in [0.25, 0.3) is 0 Å². The summed E-state index contributed by atoms with van der Waals surface area (Å²) < 4.78 is 0. The van der Waals surface area contributed by atoms with Crippen LogP contribution in [0.3, 0.4) is 0 Å². The number of hydrogen-bond donors (Lipinski definition) is 1. The van der Waals surface area contributed by atoms with E-state index in [0.29, 0.717) is 11.9 Å². The summed E-state index contributed by atoms with van der Waals surface area (Å²) in [6.45, 7) is 9.66. The molecule has 3 heterocycles. The van der Waals surface area contributed by atoms with Gasteiger partial charge in [-0.05, 0) is 33.2 Å². The topological polar surface area (TPSA) is 68.4 Å². The van der Waals surface area contributed by atoms with Crippen molar-refractivity contribution in [3.05, 3.63) is 6.33 Å². The highest BCUT2D eigenvalue weighted by Crippen LogP contribution is 2.21. The highest BCUT2D eigenvalue weighted by atomic mass is 16.2. The van der Waals surface area contributed by atoms with Gasteiger partial charge >= 0.3 is 0 Å². The molecule has 1 N–H and O–H groups in total. The third-order valence-electron chi connectivity index (χ3n) is 4.83. The van der Waals surface area contributed by atoms with Gasteiger partial charge in [0.25, 0.3) is 0 Å². The molecule has 0 bridgehead atoms. The number of nitrogens with one attached hydrogen (secondary N) is 1. The molecular weight excluding hydrogens is 280 g/mol. The summed E-state index contributed by atoms with van der Waals surface area (Å²) >= 11 is 0. The lowest BCUT2D eigenvalue weighted by molar-refractivity contribution is -0.137. The van der Waals surface area contributed by atoms with Crippen molar-refractivity contribution in [1.82, 2.24) is 25.0 Å². The van der Waals surface area contributed by atoms with Crippen LogP contribution in [-0.4, -0.2) is 76.2 Å². The zero-order valence-electron chi connectivity index (χ0n) is 13.5. The number of carbonyl (C=O) groups is 1. The molecule has 0 aliphatic carbocycles. The van der Waals surface area contributed by atoms with Gasteiger partial charge in [0, 0.05) is 38.8 Å². The van der Waals surface area contributed by atoms with Crippen LogP contribution in [0.15, 0.2) is 6.33 Å². The lowest BCUT2D eigenvalue weighted by Crippen LogP contribution is -2.53. The van der Waals surface area contributed by atoms with Crippen molar-refractivity contribution in [2.75, 3.05) is 44.2 Å². The second-order valence-electron chi connectivity index (χ2n) is 6.55. The lowest BCUT2D eigenvalue weighted by atomic mass is 9.95. The maximum atomic E-state index is 12.8. The standard InChI is InChI=1S/C15H26N6O/c1-12(2)21-5-3-4-13(10-21)14(22)19-6-8-20(9-7-19)15-16-11-17-18-15/h11-13H,3-10H2,1-2H3,(H,16,17,18)/t13-/m1/s1. The molecule has 0 spiro atoms. The Balaban J connectivity index is 1.53. The van der Waals surface area contributed by atoms with Crippen LogP contribution in [0, 0.1) is 5.92 Å². The quantitative estimate of drug-likeness (QED) is 0.884. The summed E-state index contributed by atoms with van der Waals surface area (Å²) in [6, 6.07) is 0.527. The van der Waals surface area contributed by atoms with E-state index >= 15 is 0 Å². The first-order valence-corrected chi connectivity index (χ1v) is 8.28. The molecule has 2 fully saturated rings. The largest absolute Gasteiger partial charge is 0.339 e. The summed E-state index contributed by atoms with van der Waals surface area (Å²) in [5.74, 6) is 1.31. The molecule has 0 unspecified atom stereocenters. The SMILES string of the molecule is CC(C)N1CCC[C@@H](C(=O)N2CCN(c3ncn[nH]3)CC2)C1. The van der Waals surface area contributed by atoms with Crippen LogP contribution in [-0.2, 0) is 4.79 Å². The Morgan fingerprint density at radius 2 is 2.05 bits per heavy atom. The number of carbonyl (C=O) groups excluding carboxylic acids is 1. The third kappa shape index (κ3) is 3.24. The molecule has 1 aromatic rings. The van der Waals surface area contributed by atoms with E-state index in [1.807, 2.05) is 4.90 Å². The van der Waals surface area contributed by atoms with Gasteiger partial charge in [-0.2, -0.15) is 10.1 Å². The van der Waals surface area contributed by atoms with Crippen molar-refractivity contribution < 1.29 is 4.79 Å². The first kappa shape index (κ1) is 15.3. The fraction of sp³-hybridized carbons (Fsp3) is 0.800. The van der Waals surface area contributed by atoms with Gasteiger partial charge in [-0.1, -0.05) is 0 Å². The monoisotopic (exact) mass is 306 g/mol. The molecule has 2 aliphatic rings.